The van der Waals surface area contributed by atoms with Crippen LogP contribution in [-0.2, 0) is 6.61 Å². The second kappa shape index (κ2) is 6.66. The van der Waals surface area contributed by atoms with Crippen molar-refractivity contribution in [1.82, 2.24) is 0 Å². The van der Waals surface area contributed by atoms with Crippen molar-refractivity contribution in [3.8, 4) is 5.75 Å². The van der Waals surface area contributed by atoms with Gasteiger partial charge >= 0.3 is 0 Å². The van der Waals surface area contributed by atoms with E-state index < -0.39 is 0 Å². The third-order valence-corrected chi connectivity index (χ3v) is 3.01. The molecule has 0 amide bonds. The Morgan fingerprint density at radius 2 is 1.80 bits per heavy atom. The predicted molar refractivity (Wildman–Crippen MR) is 84.8 cm³/mol. The molecule has 0 radical (unpaired) electrons. The first kappa shape index (κ1) is 14.0. The number of nitrogens with two attached hydrogens (primary N) is 1. The monoisotopic (exact) mass is 268 g/mol. The lowest BCUT2D eigenvalue weighted by Crippen LogP contribution is -2.11. The van der Waals surface area contributed by atoms with Crippen LogP contribution < -0.4 is 15.4 Å². The van der Waals surface area contributed by atoms with E-state index in [1.807, 2.05) is 61.5 Å². The minimum absolute atomic E-state index is 0.539. The Hall–Kier alpha value is -2.42. The summed E-state index contributed by atoms with van der Waals surface area (Å²) in [6.45, 7) is 0.539. The maximum atomic E-state index is 6.02. The molecule has 2 N–H and O–H groups in total. The summed E-state index contributed by atoms with van der Waals surface area (Å²) in [5.74, 6) is 0.850. The Bertz CT molecular complexity index is 577. The fourth-order valence-electron chi connectivity index (χ4n) is 2.02. The molecule has 0 heterocycles. The summed E-state index contributed by atoms with van der Waals surface area (Å²) in [7, 11) is 4.00. The molecule has 2 aromatic rings. The molecule has 0 atom stereocenters. The average Bonchev–Trinajstić information content (AvgIpc) is 2.47. The first-order valence-corrected chi connectivity index (χ1v) is 6.57. The second-order valence-corrected chi connectivity index (χ2v) is 4.72. The van der Waals surface area contributed by atoms with Gasteiger partial charge in [0.1, 0.15) is 12.4 Å². The van der Waals surface area contributed by atoms with Gasteiger partial charge in [-0.2, -0.15) is 0 Å². The van der Waals surface area contributed by atoms with Gasteiger partial charge in [0.25, 0.3) is 0 Å². The quantitative estimate of drug-likeness (QED) is 0.904. The van der Waals surface area contributed by atoms with Crippen LogP contribution >= 0.6 is 0 Å². The number of benzene rings is 2. The van der Waals surface area contributed by atoms with Crippen molar-refractivity contribution in [2.45, 2.75) is 6.61 Å². The van der Waals surface area contributed by atoms with Crippen LogP contribution in [0.5, 0.6) is 5.75 Å². The van der Waals surface area contributed by atoms with Gasteiger partial charge in [0, 0.05) is 19.7 Å². The van der Waals surface area contributed by atoms with E-state index in [4.69, 9.17) is 10.5 Å². The minimum Gasteiger partial charge on any atom is -0.486 e. The number of rotatable bonds is 5. The van der Waals surface area contributed by atoms with Crippen LogP contribution in [0.15, 0.2) is 54.7 Å². The fourth-order valence-corrected chi connectivity index (χ4v) is 2.02. The molecule has 2 aromatic carbocycles. The Labute approximate surface area is 120 Å². The summed E-state index contributed by atoms with van der Waals surface area (Å²) < 4.78 is 6.02. The van der Waals surface area contributed by atoms with Crippen molar-refractivity contribution in [3.05, 3.63) is 65.9 Å². The highest BCUT2D eigenvalue weighted by atomic mass is 16.5. The van der Waals surface area contributed by atoms with Gasteiger partial charge in [-0.3, -0.25) is 0 Å². The van der Waals surface area contributed by atoms with Crippen molar-refractivity contribution in [1.29, 1.82) is 0 Å². The van der Waals surface area contributed by atoms with Crippen LogP contribution in [0.3, 0.4) is 0 Å². The first-order valence-electron chi connectivity index (χ1n) is 6.57. The molecule has 0 saturated carbocycles. The van der Waals surface area contributed by atoms with Crippen LogP contribution in [0, 0.1) is 0 Å². The largest absolute Gasteiger partial charge is 0.486 e. The summed E-state index contributed by atoms with van der Waals surface area (Å²) in [6, 6.07) is 16.2. The predicted octanol–water partition coefficient (Wildman–Crippen LogP) is 3.26. The van der Waals surface area contributed by atoms with Crippen LogP contribution in [0.1, 0.15) is 11.1 Å². The van der Waals surface area contributed by atoms with Crippen LogP contribution in [0.4, 0.5) is 5.69 Å². The zero-order valence-electron chi connectivity index (χ0n) is 11.9. The molecule has 0 spiro atoms. The number of para-hydroxylation sites is 1. The summed E-state index contributed by atoms with van der Waals surface area (Å²) in [5, 5.41) is 0. The first-order chi connectivity index (χ1) is 9.72. The van der Waals surface area contributed by atoms with Crippen LogP contribution in [0.25, 0.3) is 6.08 Å². The summed E-state index contributed by atoms with van der Waals surface area (Å²) in [5.41, 5.74) is 8.68. The van der Waals surface area contributed by atoms with Gasteiger partial charge in [-0.05, 0) is 23.9 Å². The lowest BCUT2D eigenvalue weighted by Gasteiger charge is -2.19. The van der Waals surface area contributed by atoms with E-state index in [-0.39, 0.29) is 0 Å². The van der Waals surface area contributed by atoms with E-state index in [0.717, 1.165) is 22.6 Å². The molecule has 0 fully saturated rings. The zero-order chi connectivity index (χ0) is 14.4. The van der Waals surface area contributed by atoms with Crippen molar-refractivity contribution in [2.75, 3.05) is 19.0 Å². The number of nitrogens with zero attached hydrogens (tertiary/aromatic N) is 1. The summed E-state index contributed by atoms with van der Waals surface area (Å²) >= 11 is 0. The van der Waals surface area contributed by atoms with Gasteiger partial charge in [-0.25, -0.2) is 0 Å². The number of hydrogen-bond acceptors (Lipinski definition) is 3. The molecular weight excluding hydrogens is 248 g/mol. The maximum absolute atomic E-state index is 6.02. The molecule has 0 aliphatic rings. The van der Waals surface area contributed by atoms with E-state index >= 15 is 0 Å². The maximum Gasteiger partial charge on any atom is 0.150 e. The molecule has 20 heavy (non-hydrogen) atoms. The van der Waals surface area contributed by atoms with Crippen molar-refractivity contribution < 1.29 is 4.74 Å². The average molecular weight is 268 g/mol. The SMILES string of the molecule is CN(C)c1cccc(/C=C/N)c1OCc1ccccc1. The zero-order valence-corrected chi connectivity index (χ0v) is 11.9. The number of anilines is 1. The topological polar surface area (TPSA) is 38.5 Å². The van der Waals surface area contributed by atoms with Gasteiger partial charge in [0.15, 0.2) is 0 Å². The van der Waals surface area contributed by atoms with E-state index in [2.05, 4.69) is 12.1 Å². The highest BCUT2D eigenvalue weighted by Gasteiger charge is 2.10. The lowest BCUT2D eigenvalue weighted by molar-refractivity contribution is 0.306. The lowest BCUT2D eigenvalue weighted by atomic mass is 10.1. The number of ether oxygens (including phenoxy) is 1. The van der Waals surface area contributed by atoms with Crippen molar-refractivity contribution >= 4 is 11.8 Å². The second-order valence-electron chi connectivity index (χ2n) is 4.72. The molecule has 3 heteroatoms. The van der Waals surface area contributed by atoms with Gasteiger partial charge in [-0.15, -0.1) is 0 Å². The highest BCUT2D eigenvalue weighted by Crippen LogP contribution is 2.32. The molecule has 0 aromatic heterocycles. The molecule has 2 rings (SSSR count). The third kappa shape index (κ3) is 3.32. The Morgan fingerprint density at radius 1 is 1.05 bits per heavy atom. The molecular formula is C17H20N2O. The van der Waals surface area contributed by atoms with E-state index in [1.165, 1.54) is 6.20 Å². The van der Waals surface area contributed by atoms with E-state index in [1.54, 1.807) is 0 Å². The van der Waals surface area contributed by atoms with Crippen LogP contribution in [0.2, 0.25) is 0 Å². The molecule has 0 bridgehead atoms. The van der Waals surface area contributed by atoms with Crippen molar-refractivity contribution in [3.63, 3.8) is 0 Å². The minimum atomic E-state index is 0.539. The van der Waals surface area contributed by atoms with Gasteiger partial charge in [0.05, 0.1) is 5.69 Å². The number of hydrogen-bond donors (Lipinski definition) is 1. The molecule has 0 saturated heterocycles. The Kier molecular flexibility index (Phi) is 4.66. The summed E-state index contributed by atoms with van der Waals surface area (Å²) in [6.07, 6.45) is 3.39. The van der Waals surface area contributed by atoms with E-state index in [9.17, 15) is 0 Å². The van der Waals surface area contributed by atoms with Crippen LogP contribution in [-0.4, -0.2) is 14.1 Å². The third-order valence-electron chi connectivity index (χ3n) is 3.01. The smallest absolute Gasteiger partial charge is 0.150 e. The fraction of sp³-hybridized carbons (Fsp3) is 0.176. The Morgan fingerprint density at radius 3 is 2.45 bits per heavy atom. The van der Waals surface area contributed by atoms with Gasteiger partial charge < -0.3 is 15.4 Å². The molecule has 0 unspecified atom stereocenters. The van der Waals surface area contributed by atoms with E-state index in [0.29, 0.717) is 6.61 Å². The van der Waals surface area contributed by atoms with Gasteiger partial charge in [-0.1, -0.05) is 42.5 Å². The molecule has 3 nitrogen and oxygen atoms in total. The van der Waals surface area contributed by atoms with Gasteiger partial charge in [0.2, 0.25) is 0 Å². The molecule has 104 valence electrons. The standard InChI is InChI=1S/C17H20N2O/c1-19(2)16-10-6-9-15(11-12-18)17(16)20-13-14-7-4-3-5-8-14/h3-12H,13,18H2,1-2H3/b12-11+. The molecule has 0 aliphatic carbocycles. The summed E-state index contributed by atoms with van der Waals surface area (Å²) in [4.78, 5) is 2.04. The van der Waals surface area contributed by atoms with Crippen molar-refractivity contribution in [2.24, 2.45) is 5.73 Å². The molecule has 0 aliphatic heterocycles. The highest BCUT2D eigenvalue weighted by molar-refractivity contribution is 5.69. The normalized spacial score (nSPS) is 10.7. The Balaban J connectivity index is 2.28.